The summed E-state index contributed by atoms with van der Waals surface area (Å²) in [6.45, 7) is 11.9. The van der Waals surface area contributed by atoms with Gasteiger partial charge in [-0.15, -0.1) is 0 Å². The van der Waals surface area contributed by atoms with E-state index in [2.05, 4.69) is 40.7 Å². The summed E-state index contributed by atoms with van der Waals surface area (Å²) in [6, 6.07) is 0. The van der Waals surface area contributed by atoms with Crippen molar-refractivity contribution in [1.29, 1.82) is 0 Å². The van der Waals surface area contributed by atoms with Crippen molar-refractivity contribution in [2.45, 2.75) is 98.8 Å². The molecule has 0 N–H and O–H groups in total. The molecule has 4 rings (SSSR count). The molecule has 29 heavy (non-hydrogen) atoms. The molecule has 7 atom stereocenters. The average Bonchev–Trinajstić information content (AvgIpc) is 3.00. The van der Waals surface area contributed by atoms with Crippen LogP contribution in [0.5, 0.6) is 0 Å². The second-order valence-electron chi connectivity index (χ2n) is 11.9. The van der Waals surface area contributed by atoms with Crippen molar-refractivity contribution in [3.63, 3.8) is 0 Å². The van der Waals surface area contributed by atoms with Gasteiger partial charge < -0.3 is 0 Å². The number of carbonyl (C=O) groups excluding carboxylic acids is 2. The number of rotatable bonds is 4. The number of hydrogen-bond acceptors (Lipinski definition) is 2. The van der Waals surface area contributed by atoms with Gasteiger partial charge in [-0.05, 0) is 92.3 Å². The molecule has 0 aromatic heterocycles. The van der Waals surface area contributed by atoms with E-state index in [1.165, 1.54) is 38.5 Å². The van der Waals surface area contributed by atoms with Gasteiger partial charge in [0.05, 0.1) is 0 Å². The van der Waals surface area contributed by atoms with Crippen LogP contribution in [0, 0.1) is 46.3 Å². The maximum atomic E-state index is 13.2. The highest BCUT2D eigenvalue weighted by atomic mass is 16.1. The Balaban J connectivity index is 1.56. The number of fused-ring (bicyclic) bond motifs is 5. The van der Waals surface area contributed by atoms with Gasteiger partial charge >= 0.3 is 0 Å². The van der Waals surface area contributed by atoms with Crippen molar-refractivity contribution < 1.29 is 9.59 Å². The SMILES string of the molecule is C/C(=C\CCC(C)C)[C@H]1CC[C@H]2[C@@H]3CC(=O)[C@H]4CC(=O)CC[C@]4(C)[C@H]3CC[C@]12C. The van der Waals surface area contributed by atoms with Gasteiger partial charge in [0.15, 0.2) is 0 Å². The fourth-order valence-corrected chi connectivity index (χ4v) is 8.37. The smallest absolute Gasteiger partial charge is 0.137 e. The Morgan fingerprint density at radius 1 is 1.03 bits per heavy atom. The Kier molecular flexibility index (Phi) is 5.62. The van der Waals surface area contributed by atoms with Gasteiger partial charge in [0.1, 0.15) is 11.6 Å². The van der Waals surface area contributed by atoms with E-state index in [0.29, 0.717) is 53.5 Å². The third kappa shape index (κ3) is 3.47. The van der Waals surface area contributed by atoms with E-state index < -0.39 is 0 Å². The maximum Gasteiger partial charge on any atom is 0.137 e. The number of carbonyl (C=O) groups is 2. The van der Waals surface area contributed by atoms with Crippen LogP contribution < -0.4 is 0 Å². The van der Waals surface area contributed by atoms with E-state index in [1.807, 2.05) is 0 Å². The lowest BCUT2D eigenvalue weighted by Gasteiger charge is -2.59. The molecule has 4 saturated carbocycles. The van der Waals surface area contributed by atoms with Crippen LogP contribution in [0.1, 0.15) is 98.8 Å². The summed E-state index contributed by atoms with van der Waals surface area (Å²) in [6.07, 6.45) is 13.1. The van der Waals surface area contributed by atoms with Crippen LogP contribution in [0.4, 0.5) is 0 Å². The molecule has 0 spiro atoms. The largest absolute Gasteiger partial charge is 0.300 e. The van der Waals surface area contributed by atoms with Crippen molar-refractivity contribution >= 4 is 11.6 Å². The molecule has 0 heterocycles. The first-order valence-corrected chi connectivity index (χ1v) is 12.4. The van der Waals surface area contributed by atoms with Gasteiger partial charge in [-0.2, -0.15) is 0 Å². The van der Waals surface area contributed by atoms with Crippen molar-refractivity contribution in [3.05, 3.63) is 11.6 Å². The van der Waals surface area contributed by atoms with Crippen LogP contribution in [-0.4, -0.2) is 11.6 Å². The number of hydrogen-bond donors (Lipinski definition) is 0. The van der Waals surface area contributed by atoms with Crippen molar-refractivity contribution in [3.8, 4) is 0 Å². The second-order valence-corrected chi connectivity index (χ2v) is 11.9. The lowest BCUT2D eigenvalue weighted by Crippen LogP contribution is -2.56. The zero-order valence-corrected chi connectivity index (χ0v) is 19.4. The summed E-state index contributed by atoms with van der Waals surface area (Å²) in [5.41, 5.74) is 2.06. The Bertz CT molecular complexity index is 703. The molecule has 0 aromatic rings. The average molecular weight is 399 g/mol. The van der Waals surface area contributed by atoms with E-state index in [1.54, 1.807) is 5.57 Å². The summed E-state index contributed by atoms with van der Waals surface area (Å²) in [4.78, 5) is 25.3. The highest BCUT2D eigenvalue weighted by Crippen LogP contribution is 2.67. The van der Waals surface area contributed by atoms with Gasteiger partial charge in [-0.25, -0.2) is 0 Å². The van der Waals surface area contributed by atoms with Crippen LogP contribution in [0.2, 0.25) is 0 Å². The van der Waals surface area contributed by atoms with Crippen LogP contribution in [0.15, 0.2) is 11.6 Å². The molecule has 4 fully saturated rings. The third-order valence-electron chi connectivity index (χ3n) is 10.0. The standard InChI is InChI=1S/C27H42O2/c1-17(2)7-6-8-18(3)21-9-10-22-20-16-25(29)24-15-19(28)11-13-27(24,5)23(20)12-14-26(21,22)4/h8,17,20-24H,6-7,9-16H2,1-5H3/b18-8+/t20-,21+,22-,23-,24+,26+,27+/m0/s1. The second kappa shape index (κ2) is 7.65. The first kappa shape index (κ1) is 21.3. The summed E-state index contributed by atoms with van der Waals surface area (Å²) < 4.78 is 0. The van der Waals surface area contributed by atoms with Crippen molar-refractivity contribution in [2.75, 3.05) is 0 Å². The molecule has 4 aliphatic rings. The van der Waals surface area contributed by atoms with Crippen LogP contribution in [0.3, 0.4) is 0 Å². The summed E-state index contributed by atoms with van der Waals surface area (Å²) in [5.74, 6) is 4.13. The van der Waals surface area contributed by atoms with E-state index in [4.69, 9.17) is 0 Å². The molecule has 0 amide bonds. The fourth-order valence-electron chi connectivity index (χ4n) is 8.37. The van der Waals surface area contributed by atoms with Gasteiger partial charge in [0.25, 0.3) is 0 Å². The molecular weight excluding hydrogens is 356 g/mol. The van der Waals surface area contributed by atoms with Gasteiger partial charge in [0, 0.05) is 25.2 Å². The lowest BCUT2D eigenvalue weighted by atomic mass is 9.44. The molecule has 2 nitrogen and oxygen atoms in total. The lowest BCUT2D eigenvalue weighted by molar-refractivity contribution is -0.157. The zero-order chi connectivity index (χ0) is 21.0. The minimum atomic E-state index is 0.0178. The normalized spacial score (nSPS) is 45.2. The summed E-state index contributed by atoms with van der Waals surface area (Å²) in [5, 5.41) is 0. The van der Waals surface area contributed by atoms with Crippen LogP contribution in [0.25, 0.3) is 0 Å². The van der Waals surface area contributed by atoms with Gasteiger partial charge in [-0.1, -0.05) is 39.3 Å². The fraction of sp³-hybridized carbons (Fsp3) is 0.852. The minimum absolute atomic E-state index is 0.0178. The summed E-state index contributed by atoms with van der Waals surface area (Å²) in [7, 11) is 0. The molecule has 4 aliphatic carbocycles. The minimum Gasteiger partial charge on any atom is -0.300 e. The topological polar surface area (TPSA) is 34.1 Å². The number of Topliss-reactive ketones (excluding diaryl/α,β-unsaturated/α-hetero) is 2. The first-order chi connectivity index (χ1) is 13.7. The van der Waals surface area contributed by atoms with Crippen molar-refractivity contribution in [1.82, 2.24) is 0 Å². The van der Waals surface area contributed by atoms with E-state index in [9.17, 15) is 9.59 Å². The first-order valence-electron chi connectivity index (χ1n) is 12.4. The van der Waals surface area contributed by atoms with Crippen LogP contribution >= 0.6 is 0 Å². The van der Waals surface area contributed by atoms with E-state index in [-0.39, 0.29) is 11.3 Å². The Morgan fingerprint density at radius 3 is 2.48 bits per heavy atom. The molecule has 0 bridgehead atoms. The molecule has 0 aliphatic heterocycles. The Hall–Kier alpha value is -0.920. The van der Waals surface area contributed by atoms with Gasteiger partial charge in [-0.3, -0.25) is 9.59 Å². The number of allylic oxidation sites excluding steroid dienone is 2. The van der Waals surface area contributed by atoms with Gasteiger partial charge in [0.2, 0.25) is 0 Å². The highest BCUT2D eigenvalue weighted by Gasteiger charge is 2.62. The van der Waals surface area contributed by atoms with E-state index in [0.717, 1.165) is 18.8 Å². The van der Waals surface area contributed by atoms with E-state index >= 15 is 0 Å². The molecule has 2 heteroatoms. The Morgan fingerprint density at radius 2 is 1.76 bits per heavy atom. The molecule has 0 radical (unpaired) electrons. The quantitative estimate of drug-likeness (QED) is 0.489. The predicted molar refractivity (Wildman–Crippen MR) is 118 cm³/mol. The van der Waals surface area contributed by atoms with Crippen molar-refractivity contribution in [2.24, 2.45) is 46.3 Å². The third-order valence-corrected chi connectivity index (χ3v) is 10.0. The zero-order valence-electron chi connectivity index (χ0n) is 19.4. The monoisotopic (exact) mass is 398 g/mol. The molecule has 0 saturated heterocycles. The molecular formula is C27H42O2. The maximum absolute atomic E-state index is 13.2. The predicted octanol–water partition coefficient (Wildman–Crippen LogP) is 6.78. The Labute approximate surface area is 178 Å². The summed E-state index contributed by atoms with van der Waals surface area (Å²) >= 11 is 0. The van der Waals surface area contributed by atoms with Crippen LogP contribution in [-0.2, 0) is 9.59 Å². The highest BCUT2D eigenvalue weighted by molar-refractivity contribution is 5.90. The molecule has 162 valence electrons. The molecule has 0 aromatic carbocycles. The molecule has 0 unspecified atom stereocenters. The number of ketones is 2.